The molecule has 1 aromatic carbocycles. The molecule has 0 unspecified atom stereocenters. The van der Waals surface area contributed by atoms with E-state index in [1.807, 2.05) is 30.3 Å². The van der Waals surface area contributed by atoms with Gasteiger partial charge in [-0.1, -0.05) is 26.0 Å². The van der Waals surface area contributed by atoms with Crippen LogP contribution in [0.25, 0.3) is 0 Å². The summed E-state index contributed by atoms with van der Waals surface area (Å²) in [5, 5.41) is 8.75. The van der Waals surface area contributed by atoms with E-state index >= 15 is 0 Å². The Hall–Kier alpha value is -2.54. The molecule has 0 radical (unpaired) electrons. The monoisotopic (exact) mass is 253 g/mol. The number of anilines is 1. The van der Waals surface area contributed by atoms with Crippen LogP contribution >= 0.6 is 0 Å². The van der Waals surface area contributed by atoms with Gasteiger partial charge in [0.15, 0.2) is 0 Å². The lowest BCUT2D eigenvalue weighted by atomic mass is 10.0. The van der Waals surface area contributed by atoms with Crippen molar-refractivity contribution in [2.45, 2.75) is 19.8 Å². The van der Waals surface area contributed by atoms with E-state index in [4.69, 9.17) is 15.7 Å². The highest BCUT2D eigenvalue weighted by molar-refractivity contribution is 5.53. The number of hydrogen-bond donors (Lipinski definition) is 1. The number of aromatic nitrogens is 1. The first-order chi connectivity index (χ1) is 9.10. The topological polar surface area (TPSA) is 71.9 Å². The van der Waals surface area contributed by atoms with Gasteiger partial charge in [0.1, 0.15) is 11.8 Å². The van der Waals surface area contributed by atoms with Crippen LogP contribution < -0.4 is 10.5 Å². The molecule has 19 heavy (non-hydrogen) atoms. The Morgan fingerprint density at radius 2 is 2.11 bits per heavy atom. The lowest BCUT2D eigenvalue weighted by Crippen LogP contribution is -1.96. The van der Waals surface area contributed by atoms with E-state index in [2.05, 4.69) is 18.8 Å². The number of nitrogens with zero attached hydrogens (tertiary/aromatic N) is 2. The zero-order valence-corrected chi connectivity index (χ0v) is 10.9. The number of ether oxygens (including phenoxy) is 1. The molecule has 1 heterocycles. The highest BCUT2D eigenvalue weighted by Gasteiger charge is 2.07. The summed E-state index contributed by atoms with van der Waals surface area (Å²) in [5.74, 6) is 1.44. The molecule has 96 valence electrons. The van der Waals surface area contributed by atoms with Crippen LogP contribution in [0, 0.1) is 11.3 Å². The maximum absolute atomic E-state index is 8.75. The number of hydrogen-bond acceptors (Lipinski definition) is 4. The van der Waals surface area contributed by atoms with Gasteiger partial charge in [-0.25, -0.2) is 4.98 Å². The molecule has 0 aliphatic heterocycles. The number of nitrogens with two attached hydrogens (primary N) is 1. The van der Waals surface area contributed by atoms with Gasteiger partial charge in [-0.3, -0.25) is 0 Å². The maximum atomic E-state index is 8.75. The fraction of sp³-hybridized carbons (Fsp3) is 0.200. The quantitative estimate of drug-likeness (QED) is 0.909. The van der Waals surface area contributed by atoms with Gasteiger partial charge >= 0.3 is 0 Å². The summed E-state index contributed by atoms with van der Waals surface area (Å²) in [7, 11) is 0. The van der Waals surface area contributed by atoms with Crippen molar-refractivity contribution in [1.82, 2.24) is 4.98 Å². The van der Waals surface area contributed by atoms with Gasteiger partial charge in [0.2, 0.25) is 5.88 Å². The average Bonchev–Trinajstić information content (AvgIpc) is 2.41. The number of pyridine rings is 1. The molecule has 0 fully saturated rings. The average molecular weight is 253 g/mol. The van der Waals surface area contributed by atoms with Crippen molar-refractivity contribution in [3.05, 3.63) is 47.7 Å². The van der Waals surface area contributed by atoms with Crippen LogP contribution in [0.1, 0.15) is 30.9 Å². The van der Waals surface area contributed by atoms with E-state index < -0.39 is 0 Å². The van der Waals surface area contributed by atoms with Gasteiger partial charge in [0.05, 0.1) is 11.3 Å². The predicted molar refractivity (Wildman–Crippen MR) is 74.0 cm³/mol. The molecule has 4 nitrogen and oxygen atoms in total. The molecule has 0 aliphatic carbocycles. The Kier molecular flexibility index (Phi) is 3.67. The minimum Gasteiger partial charge on any atom is -0.437 e. The Labute approximate surface area is 112 Å². The summed E-state index contributed by atoms with van der Waals surface area (Å²) in [6.07, 6.45) is 1.44. The van der Waals surface area contributed by atoms with Gasteiger partial charge < -0.3 is 10.5 Å². The molecule has 2 aromatic rings. The summed E-state index contributed by atoms with van der Waals surface area (Å²) in [6, 6.07) is 11.3. The fourth-order valence-corrected chi connectivity index (χ4v) is 1.66. The molecular formula is C15H15N3O. The van der Waals surface area contributed by atoms with Crippen molar-refractivity contribution < 1.29 is 4.74 Å². The number of nitriles is 1. The minimum absolute atomic E-state index is 0.319. The van der Waals surface area contributed by atoms with E-state index in [-0.39, 0.29) is 0 Å². The molecule has 0 bridgehead atoms. The molecule has 0 aliphatic rings. The second kappa shape index (κ2) is 5.40. The van der Waals surface area contributed by atoms with E-state index in [1.54, 1.807) is 6.07 Å². The Bertz CT molecular complexity index is 630. The summed E-state index contributed by atoms with van der Waals surface area (Å²) >= 11 is 0. The molecule has 0 spiro atoms. The molecular weight excluding hydrogens is 238 g/mol. The van der Waals surface area contributed by atoms with Crippen molar-refractivity contribution in [1.29, 1.82) is 5.26 Å². The first-order valence-corrected chi connectivity index (χ1v) is 6.03. The van der Waals surface area contributed by atoms with Crippen molar-refractivity contribution in [2.24, 2.45) is 0 Å². The first-order valence-electron chi connectivity index (χ1n) is 6.03. The predicted octanol–water partition coefficient (Wildman–Crippen LogP) is 3.45. The summed E-state index contributed by atoms with van der Waals surface area (Å²) in [4.78, 5) is 4.05. The molecule has 0 atom stereocenters. The second-order valence-electron chi connectivity index (χ2n) is 4.56. The zero-order chi connectivity index (χ0) is 13.8. The van der Waals surface area contributed by atoms with Crippen LogP contribution in [0.4, 0.5) is 5.69 Å². The molecule has 1 aromatic heterocycles. The first kappa shape index (κ1) is 12.9. The number of benzene rings is 1. The van der Waals surface area contributed by atoms with Crippen LogP contribution in [0.15, 0.2) is 36.5 Å². The maximum Gasteiger partial charge on any atom is 0.242 e. The summed E-state index contributed by atoms with van der Waals surface area (Å²) in [5.41, 5.74) is 7.76. The van der Waals surface area contributed by atoms with Crippen molar-refractivity contribution in [2.75, 3.05) is 5.73 Å². The molecule has 2 rings (SSSR count). The largest absolute Gasteiger partial charge is 0.437 e. The third-order valence-electron chi connectivity index (χ3n) is 2.75. The van der Waals surface area contributed by atoms with Gasteiger partial charge in [-0.15, -0.1) is 0 Å². The van der Waals surface area contributed by atoms with Crippen molar-refractivity contribution >= 4 is 5.69 Å². The van der Waals surface area contributed by atoms with Crippen LogP contribution in [0.5, 0.6) is 11.6 Å². The highest BCUT2D eigenvalue weighted by atomic mass is 16.5. The third kappa shape index (κ3) is 3.02. The Morgan fingerprint density at radius 1 is 1.32 bits per heavy atom. The number of nitrogen functional groups attached to an aromatic ring is 1. The van der Waals surface area contributed by atoms with Crippen LogP contribution in [0.2, 0.25) is 0 Å². The fourth-order valence-electron chi connectivity index (χ4n) is 1.66. The van der Waals surface area contributed by atoms with E-state index in [0.717, 1.165) is 0 Å². The van der Waals surface area contributed by atoms with Crippen LogP contribution in [-0.2, 0) is 0 Å². The molecule has 0 amide bonds. The standard InChI is InChI=1S/C15H15N3O/c1-10(2)12-4-3-5-13(7-12)19-15-14(17)6-11(8-16)9-18-15/h3-7,9-10H,17H2,1-2H3. The van der Waals surface area contributed by atoms with Gasteiger partial charge in [0.25, 0.3) is 0 Å². The number of rotatable bonds is 3. The molecule has 0 saturated heterocycles. The lowest BCUT2D eigenvalue weighted by Gasteiger charge is -2.10. The SMILES string of the molecule is CC(C)c1cccc(Oc2ncc(C#N)cc2N)c1. The van der Waals surface area contributed by atoms with Crippen LogP contribution in [0.3, 0.4) is 0 Å². The summed E-state index contributed by atoms with van der Waals surface area (Å²) in [6.45, 7) is 4.24. The summed E-state index contributed by atoms with van der Waals surface area (Å²) < 4.78 is 5.65. The third-order valence-corrected chi connectivity index (χ3v) is 2.75. The zero-order valence-electron chi connectivity index (χ0n) is 10.9. The Morgan fingerprint density at radius 3 is 2.74 bits per heavy atom. The molecule has 4 heteroatoms. The lowest BCUT2D eigenvalue weighted by molar-refractivity contribution is 0.464. The van der Waals surface area contributed by atoms with Gasteiger partial charge in [-0.2, -0.15) is 5.26 Å². The molecule has 0 saturated carbocycles. The van der Waals surface area contributed by atoms with E-state index in [9.17, 15) is 0 Å². The Balaban J connectivity index is 2.26. The highest BCUT2D eigenvalue weighted by Crippen LogP contribution is 2.27. The normalized spacial score (nSPS) is 10.2. The van der Waals surface area contributed by atoms with Crippen molar-refractivity contribution in [3.8, 4) is 17.7 Å². The van der Waals surface area contributed by atoms with Gasteiger partial charge in [-0.05, 0) is 29.7 Å². The second-order valence-corrected chi connectivity index (χ2v) is 4.56. The van der Waals surface area contributed by atoms with Crippen LogP contribution in [-0.4, -0.2) is 4.98 Å². The van der Waals surface area contributed by atoms with Crippen molar-refractivity contribution in [3.63, 3.8) is 0 Å². The minimum atomic E-state index is 0.319. The van der Waals surface area contributed by atoms with E-state index in [0.29, 0.717) is 28.8 Å². The smallest absolute Gasteiger partial charge is 0.242 e. The van der Waals surface area contributed by atoms with Gasteiger partial charge in [0, 0.05) is 6.20 Å². The van der Waals surface area contributed by atoms with E-state index in [1.165, 1.54) is 11.8 Å². The molecule has 2 N–H and O–H groups in total.